The molecule has 0 aromatic heterocycles. The van der Waals surface area contributed by atoms with Crippen LogP contribution in [0.25, 0.3) is 0 Å². The highest BCUT2D eigenvalue weighted by molar-refractivity contribution is 9.09. The van der Waals surface area contributed by atoms with Gasteiger partial charge in [0.2, 0.25) is 0 Å². The van der Waals surface area contributed by atoms with Crippen molar-refractivity contribution in [2.45, 2.75) is 199 Å². The summed E-state index contributed by atoms with van der Waals surface area (Å²) in [6, 6.07) is 26.7. The second-order valence-electron chi connectivity index (χ2n) is 26.6. The first kappa shape index (κ1) is 112. The molecule has 0 amide bonds. The van der Waals surface area contributed by atoms with E-state index < -0.39 is 5.41 Å². The van der Waals surface area contributed by atoms with Gasteiger partial charge in [-0.15, -0.1) is 0 Å². The minimum absolute atomic E-state index is 0. The molecule has 0 radical (unpaired) electrons. The van der Waals surface area contributed by atoms with Crippen molar-refractivity contribution in [1.82, 2.24) is 0 Å². The molecule has 0 aliphatic rings. The Bertz CT molecular complexity index is 3480. The molecule has 0 bridgehead atoms. The third kappa shape index (κ3) is 34.8. The van der Waals surface area contributed by atoms with E-state index >= 15 is 0 Å². The first-order chi connectivity index (χ1) is 51.3. The fourth-order valence-corrected chi connectivity index (χ4v) is 16.2. The fourth-order valence-electron chi connectivity index (χ4n) is 11.4. The van der Waals surface area contributed by atoms with E-state index in [0.717, 1.165) is 157 Å². The highest BCUT2D eigenvalue weighted by Gasteiger charge is 2.33. The molecule has 6 aromatic rings. The largest absolute Gasteiger partial charge is 1.00 e. The van der Waals surface area contributed by atoms with Gasteiger partial charge in [0.1, 0.15) is 34.5 Å². The van der Waals surface area contributed by atoms with Crippen LogP contribution < -0.4 is 152 Å². The van der Waals surface area contributed by atoms with Crippen molar-refractivity contribution in [3.05, 3.63) is 173 Å². The van der Waals surface area contributed by atoms with E-state index in [1.54, 1.807) is 0 Å². The number of thiol groups is 4. The first-order valence-electron chi connectivity index (χ1n) is 35.8. The highest BCUT2D eigenvalue weighted by Crippen LogP contribution is 2.46. The predicted octanol–water partition coefficient (Wildman–Crippen LogP) is 2.11. The maximum atomic E-state index is 6.26. The normalized spacial score (nSPS) is 10.9. The van der Waals surface area contributed by atoms with E-state index in [1.807, 2.05) is 6.92 Å². The highest BCUT2D eigenvalue weighted by atomic mass is 79.9. The molecule has 0 spiro atoms. The summed E-state index contributed by atoms with van der Waals surface area (Å²) in [5, 5.41) is 27.5. The molecule has 33 heteroatoms. The number of ether oxygens (including phenoxy) is 6. The minimum atomic E-state index is -0.447. The molecule has 0 aliphatic heterocycles. The van der Waals surface area contributed by atoms with Crippen molar-refractivity contribution in [3.8, 4) is 34.5 Å². The van der Waals surface area contributed by atoms with Crippen molar-refractivity contribution in [2.24, 2.45) is 34.4 Å². The summed E-state index contributed by atoms with van der Waals surface area (Å²) in [7, 11) is 0. The smallest absolute Gasteiger partial charge is 0.300 e. The number of halogens is 8. The van der Waals surface area contributed by atoms with Gasteiger partial charge in [0.05, 0.1) is 39.6 Å². The monoisotopic (exact) mass is 2220 g/mol. The van der Waals surface area contributed by atoms with E-state index in [0.29, 0.717) is 82.8 Å². The number of amidine groups is 4. The molecule has 0 aliphatic carbocycles. The first-order valence-corrected chi connectivity index (χ1v) is 47.1. The number of hydrogen-bond donors (Lipinski definition) is 14. The topological polar surface area (TPSA) is 314 Å². The second kappa shape index (κ2) is 58.3. The zero-order valence-corrected chi connectivity index (χ0v) is 86.6. The van der Waals surface area contributed by atoms with Gasteiger partial charge in [-0.3, -0.25) is 44.6 Å². The Morgan fingerprint density at radius 2 is 0.473 bits per heavy atom. The molecule has 0 atom stereocenters. The van der Waals surface area contributed by atoms with Gasteiger partial charge in [0, 0.05) is 150 Å². The lowest BCUT2D eigenvalue weighted by molar-refractivity contribution is -0.110. The summed E-state index contributed by atoms with van der Waals surface area (Å²) in [5.74, 6) is 10.2. The SMILES string of the molecule is CCCOc1c(CBr)cc(C(C)(C)c2cc(CBr)c(OCCC)c(CBr)c2)cc1CBr.CCCOc1c(CS)cc(C(C)(C)c2cc(CS)c(OCCC)c(CS)c2)cc1CS.CCCOc1c(CSC(N)=[NH2+])cc(C(C)(C)c2cc(CSC(N)=[NH2+])c(OCC)c(CSC(N)=[NH2+])c2)cc1CSC(N)=[NH2+].NC(N)=S.[Br-].[Br-].[Br-].[Br-]. The Kier molecular flexibility index (Phi) is 58.5. The van der Waals surface area contributed by atoms with Crippen LogP contribution in [0.3, 0.4) is 0 Å². The van der Waals surface area contributed by atoms with Crippen molar-refractivity contribution in [1.29, 1.82) is 0 Å². The Morgan fingerprint density at radius 3 is 0.625 bits per heavy atom. The van der Waals surface area contributed by atoms with E-state index in [1.165, 1.54) is 91.6 Å². The molecule has 16 nitrogen and oxygen atoms in total. The van der Waals surface area contributed by atoms with Crippen LogP contribution >= 0.6 is 174 Å². The van der Waals surface area contributed by atoms with Crippen LogP contribution in [0, 0.1) is 0 Å². The summed E-state index contributed by atoms with van der Waals surface area (Å²) >= 11 is 42.6. The van der Waals surface area contributed by atoms with Crippen LogP contribution in [0.1, 0.15) is 215 Å². The van der Waals surface area contributed by atoms with Gasteiger partial charge in [0.25, 0.3) is 20.7 Å². The van der Waals surface area contributed by atoms with Crippen molar-refractivity contribution in [2.75, 3.05) is 39.6 Å². The summed E-state index contributed by atoms with van der Waals surface area (Å²) in [6.07, 6.45) is 4.79. The van der Waals surface area contributed by atoms with E-state index in [9.17, 15) is 0 Å². The number of alkyl halides is 4. The van der Waals surface area contributed by atoms with Gasteiger partial charge in [-0.05, 0) is 132 Å². The number of thiocarbonyl (C=S) groups is 1. The Labute approximate surface area is 788 Å². The lowest BCUT2D eigenvalue weighted by atomic mass is 9.76. The van der Waals surface area contributed by atoms with Crippen LogP contribution in [-0.4, -0.2) is 65.4 Å². The van der Waals surface area contributed by atoms with Crippen LogP contribution in [0.5, 0.6) is 34.5 Å². The van der Waals surface area contributed by atoms with Gasteiger partial charge >= 0.3 is 0 Å². The van der Waals surface area contributed by atoms with Crippen molar-refractivity contribution >= 4 is 199 Å². The third-order valence-corrected chi connectivity index (χ3v) is 24.1. The second-order valence-corrected chi connectivity index (χ2v) is 34.8. The molecule has 0 saturated heterocycles. The molecule has 630 valence electrons. The Balaban J connectivity index is 0. The molecule has 112 heavy (non-hydrogen) atoms. The van der Waals surface area contributed by atoms with Crippen molar-refractivity contribution in [3.63, 3.8) is 0 Å². The number of hydrogen-bond acceptors (Lipinski definition) is 15. The molecular formula is C79H118Br8N10O6S9. The average molecular weight is 2230 g/mol. The number of nitrogens with two attached hydrogens (primary N) is 10. The van der Waals surface area contributed by atoms with E-state index in [2.05, 4.69) is 287 Å². The quantitative estimate of drug-likeness (QED) is 0.00864. The Morgan fingerprint density at radius 1 is 0.321 bits per heavy atom. The lowest BCUT2D eigenvalue weighted by Crippen LogP contribution is -3.00. The van der Waals surface area contributed by atoms with Gasteiger partial charge in [-0.25, -0.2) is 0 Å². The van der Waals surface area contributed by atoms with E-state index in [4.69, 9.17) is 73.0 Å². The molecule has 0 saturated carbocycles. The fraction of sp³-hybridized carbons (Fsp3) is 0.481. The van der Waals surface area contributed by atoms with Crippen LogP contribution in [0.4, 0.5) is 0 Å². The average Bonchev–Trinajstić information content (AvgIpc) is 0.784. The maximum absolute atomic E-state index is 6.26. The zero-order valence-electron chi connectivity index (χ0n) is 66.3. The molecule has 0 fully saturated rings. The summed E-state index contributed by atoms with van der Waals surface area (Å²) in [4.78, 5) is 0. The third-order valence-electron chi connectivity index (χ3n) is 17.2. The van der Waals surface area contributed by atoms with Crippen LogP contribution in [-0.2, 0) is 83.6 Å². The predicted molar refractivity (Wildman–Crippen MR) is 497 cm³/mol. The minimum Gasteiger partial charge on any atom is -1.00 e. The summed E-state index contributed by atoms with van der Waals surface area (Å²) in [5.41, 5.74) is 52.0. The molecule has 20 N–H and O–H groups in total. The van der Waals surface area contributed by atoms with Gasteiger partial charge < -0.3 is 108 Å². The molecular weight excluding hydrogens is 2110 g/mol. The Hall–Kier alpha value is -1.67. The van der Waals surface area contributed by atoms with Crippen LogP contribution in [0.2, 0.25) is 0 Å². The van der Waals surface area contributed by atoms with Crippen molar-refractivity contribution < 1.29 is 118 Å². The molecule has 0 unspecified atom stereocenters. The van der Waals surface area contributed by atoms with E-state index in [-0.39, 0.29) is 94.2 Å². The van der Waals surface area contributed by atoms with Gasteiger partial charge in [-0.1, -0.05) is 213 Å². The number of thioether (sulfide) groups is 4. The van der Waals surface area contributed by atoms with Gasteiger partial charge in [0.15, 0.2) is 5.11 Å². The summed E-state index contributed by atoms with van der Waals surface area (Å²) in [6.45, 7) is 29.9. The maximum Gasteiger partial charge on any atom is 0.300 e. The van der Waals surface area contributed by atoms with Gasteiger partial charge in [-0.2, -0.15) is 50.5 Å². The number of benzene rings is 6. The molecule has 0 heterocycles. The molecule has 6 aromatic carbocycles. The summed E-state index contributed by atoms with van der Waals surface area (Å²) < 4.78 is 36.7. The zero-order chi connectivity index (χ0) is 81.1. The lowest BCUT2D eigenvalue weighted by Gasteiger charge is -2.30. The molecule has 6 rings (SSSR count). The number of rotatable bonds is 39. The standard InChI is InChI=1S/C28H42N8O2S4.C25H32Br4O2.C25H36O2S4.CH4N2S.4BrH/c1-5-7-38-23-18(14-41-26(33)34)10-21(11-19(23)15-42-27(35)36)28(3,4)20-8-16(12-39-24(29)30)22(37-6-2)17(9-20)13-40-25(31)32;1-5-7-30-23-17(13-26)9-21(10-18(23)14-27)25(3,4)22-11-19(15-28)24(31-8-6-2)20(12-22)16-29;1-5-7-26-23-17(13-28)9-21(10-18(23)14-29)25(3,4)22-11-19(15-30)24(27-8-6-2)20(12-22)16-31;2-1(3)4;;;;/h8-11H,5-7,12-15H2,1-4H3,(H3,29,30)(H3,31,32)(H3,33,34)(H3,35,36);9-12H,5-8,13-16H2,1-4H3;9-12,28-31H,5-8,13-16H2,1-4H3;(H4,2,3,4);4*1H. The van der Waals surface area contributed by atoms with Crippen LogP contribution in [0.15, 0.2) is 72.8 Å².